The van der Waals surface area contributed by atoms with Crippen molar-refractivity contribution in [3.05, 3.63) is 18.5 Å². The minimum Gasteiger partial charge on any atom is -0.390 e. The molecule has 1 saturated heterocycles. The van der Waals surface area contributed by atoms with Crippen LogP contribution in [0.25, 0.3) is 0 Å². The summed E-state index contributed by atoms with van der Waals surface area (Å²) >= 11 is 0. The molecule has 6 nitrogen and oxygen atoms in total. The lowest BCUT2D eigenvalue weighted by molar-refractivity contribution is -0.133. The quantitative estimate of drug-likeness (QED) is 0.849. The molecule has 19 heavy (non-hydrogen) atoms. The van der Waals surface area contributed by atoms with Crippen molar-refractivity contribution in [2.45, 2.75) is 25.4 Å². The SMILES string of the molecule is CN(CC(=O)N1CCC(C)(O)CC1)c1ncccn1. The molecule has 0 atom stereocenters. The summed E-state index contributed by atoms with van der Waals surface area (Å²) < 4.78 is 0. The Balaban J connectivity index is 1.88. The summed E-state index contributed by atoms with van der Waals surface area (Å²) in [4.78, 5) is 23.9. The molecule has 6 heteroatoms. The van der Waals surface area contributed by atoms with Crippen LogP contribution in [-0.4, -0.2) is 58.2 Å². The van der Waals surface area contributed by atoms with Gasteiger partial charge in [0, 0.05) is 32.5 Å². The molecule has 1 aromatic heterocycles. The van der Waals surface area contributed by atoms with Gasteiger partial charge in [-0.2, -0.15) is 0 Å². The van der Waals surface area contributed by atoms with Crippen LogP contribution in [-0.2, 0) is 4.79 Å². The largest absolute Gasteiger partial charge is 0.390 e. The lowest BCUT2D eigenvalue weighted by Crippen LogP contribution is -2.48. The fourth-order valence-corrected chi connectivity index (χ4v) is 2.10. The maximum Gasteiger partial charge on any atom is 0.242 e. The lowest BCUT2D eigenvalue weighted by Gasteiger charge is -2.36. The Bertz CT molecular complexity index is 426. The van der Waals surface area contributed by atoms with Gasteiger partial charge in [-0.25, -0.2) is 9.97 Å². The van der Waals surface area contributed by atoms with E-state index in [1.165, 1.54) is 0 Å². The molecule has 1 N–H and O–H groups in total. The Hall–Kier alpha value is -1.69. The van der Waals surface area contributed by atoms with Gasteiger partial charge >= 0.3 is 0 Å². The summed E-state index contributed by atoms with van der Waals surface area (Å²) in [6, 6.07) is 1.74. The van der Waals surface area contributed by atoms with Gasteiger partial charge in [0.15, 0.2) is 0 Å². The van der Waals surface area contributed by atoms with Gasteiger partial charge in [0.25, 0.3) is 0 Å². The molecular weight excluding hydrogens is 244 g/mol. The van der Waals surface area contributed by atoms with Crippen LogP contribution in [0.5, 0.6) is 0 Å². The minimum absolute atomic E-state index is 0.0467. The number of likely N-dealkylation sites (tertiary alicyclic amines) is 1. The number of rotatable bonds is 3. The number of anilines is 1. The fourth-order valence-electron chi connectivity index (χ4n) is 2.10. The summed E-state index contributed by atoms with van der Waals surface area (Å²) in [6.45, 7) is 3.29. The van der Waals surface area contributed by atoms with E-state index in [0.29, 0.717) is 31.9 Å². The van der Waals surface area contributed by atoms with E-state index in [-0.39, 0.29) is 12.5 Å². The number of aliphatic hydroxyl groups is 1. The van der Waals surface area contributed by atoms with Gasteiger partial charge in [-0.15, -0.1) is 0 Å². The molecule has 1 aliphatic heterocycles. The Morgan fingerprint density at radius 3 is 2.58 bits per heavy atom. The molecule has 0 unspecified atom stereocenters. The Morgan fingerprint density at radius 1 is 1.42 bits per heavy atom. The first-order valence-electron chi connectivity index (χ1n) is 6.46. The van der Waals surface area contributed by atoms with Gasteiger partial charge in [-0.05, 0) is 25.8 Å². The van der Waals surface area contributed by atoms with Gasteiger partial charge < -0.3 is 14.9 Å². The highest BCUT2D eigenvalue weighted by Gasteiger charge is 2.29. The predicted octanol–water partition coefficient (Wildman–Crippen LogP) is 0.286. The number of carbonyl (C=O) groups is 1. The van der Waals surface area contributed by atoms with Crippen LogP contribution >= 0.6 is 0 Å². The van der Waals surface area contributed by atoms with E-state index in [2.05, 4.69) is 9.97 Å². The van der Waals surface area contributed by atoms with Gasteiger partial charge in [0.1, 0.15) is 0 Å². The van der Waals surface area contributed by atoms with E-state index in [9.17, 15) is 9.90 Å². The number of piperidine rings is 1. The number of carbonyl (C=O) groups excluding carboxylic acids is 1. The van der Waals surface area contributed by atoms with Crippen molar-refractivity contribution in [1.29, 1.82) is 0 Å². The molecule has 1 amide bonds. The van der Waals surface area contributed by atoms with Crippen LogP contribution < -0.4 is 4.90 Å². The van der Waals surface area contributed by atoms with Crippen molar-refractivity contribution < 1.29 is 9.90 Å². The zero-order valence-electron chi connectivity index (χ0n) is 11.4. The molecule has 0 aromatic carbocycles. The van der Waals surface area contributed by atoms with Gasteiger partial charge in [0.05, 0.1) is 12.1 Å². The normalized spacial score (nSPS) is 18.2. The molecule has 2 heterocycles. The van der Waals surface area contributed by atoms with Crippen LogP contribution in [0.3, 0.4) is 0 Å². The molecule has 0 saturated carbocycles. The van der Waals surface area contributed by atoms with E-state index in [4.69, 9.17) is 0 Å². The summed E-state index contributed by atoms with van der Waals surface area (Å²) in [5.74, 6) is 0.588. The van der Waals surface area contributed by atoms with Crippen LogP contribution in [0.1, 0.15) is 19.8 Å². The maximum atomic E-state index is 12.1. The van der Waals surface area contributed by atoms with E-state index in [1.807, 2.05) is 6.92 Å². The van der Waals surface area contributed by atoms with Crippen molar-refractivity contribution in [2.75, 3.05) is 31.6 Å². The fraction of sp³-hybridized carbons (Fsp3) is 0.615. The third-order valence-electron chi connectivity index (χ3n) is 3.46. The second-order valence-corrected chi connectivity index (χ2v) is 5.28. The van der Waals surface area contributed by atoms with Gasteiger partial charge in [-0.3, -0.25) is 4.79 Å². The first kappa shape index (κ1) is 13.7. The number of likely N-dealkylation sites (N-methyl/N-ethyl adjacent to an activating group) is 1. The Labute approximate surface area is 113 Å². The van der Waals surface area contributed by atoms with Crippen molar-refractivity contribution >= 4 is 11.9 Å². The van der Waals surface area contributed by atoms with Crippen LogP contribution in [0.4, 0.5) is 5.95 Å². The smallest absolute Gasteiger partial charge is 0.242 e. The zero-order valence-corrected chi connectivity index (χ0v) is 11.4. The number of aromatic nitrogens is 2. The maximum absolute atomic E-state index is 12.1. The third kappa shape index (κ3) is 3.64. The summed E-state index contributed by atoms with van der Waals surface area (Å²) in [7, 11) is 1.80. The monoisotopic (exact) mass is 264 g/mol. The van der Waals surface area contributed by atoms with E-state index in [1.54, 1.807) is 35.3 Å². The second-order valence-electron chi connectivity index (χ2n) is 5.28. The van der Waals surface area contributed by atoms with Crippen molar-refractivity contribution in [3.8, 4) is 0 Å². The molecule has 2 rings (SSSR count). The molecule has 0 spiro atoms. The van der Waals surface area contributed by atoms with Crippen LogP contribution in [0.15, 0.2) is 18.5 Å². The minimum atomic E-state index is -0.634. The molecule has 0 radical (unpaired) electrons. The predicted molar refractivity (Wildman–Crippen MR) is 71.7 cm³/mol. The van der Waals surface area contributed by atoms with E-state index < -0.39 is 5.60 Å². The van der Waals surface area contributed by atoms with Gasteiger partial charge in [0.2, 0.25) is 11.9 Å². The molecule has 104 valence electrons. The average Bonchev–Trinajstić information content (AvgIpc) is 2.39. The van der Waals surface area contributed by atoms with Crippen molar-refractivity contribution in [2.24, 2.45) is 0 Å². The third-order valence-corrected chi connectivity index (χ3v) is 3.46. The molecule has 1 fully saturated rings. The van der Waals surface area contributed by atoms with Gasteiger partial charge in [-0.1, -0.05) is 0 Å². The van der Waals surface area contributed by atoms with E-state index in [0.717, 1.165) is 0 Å². The second kappa shape index (κ2) is 5.52. The summed E-state index contributed by atoms with van der Waals surface area (Å²) in [5.41, 5.74) is -0.634. The van der Waals surface area contributed by atoms with E-state index >= 15 is 0 Å². The first-order valence-corrected chi connectivity index (χ1v) is 6.46. The molecule has 0 aliphatic carbocycles. The average molecular weight is 264 g/mol. The molecule has 0 bridgehead atoms. The number of hydrogen-bond donors (Lipinski definition) is 1. The number of hydrogen-bond acceptors (Lipinski definition) is 5. The summed E-state index contributed by atoms with van der Waals surface area (Å²) in [5, 5.41) is 9.87. The zero-order chi connectivity index (χ0) is 13.9. The van der Waals surface area contributed by atoms with Crippen LogP contribution in [0.2, 0.25) is 0 Å². The highest BCUT2D eigenvalue weighted by molar-refractivity contribution is 5.80. The Kier molecular flexibility index (Phi) is 3.99. The highest BCUT2D eigenvalue weighted by Crippen LogP contribution is 2.21. The summed E-state index contributed by atoms with van der Waals surface area (Å²) in [6.07, 6.45) is 4.57. The lowest BCUT2D eigenvalue weighted by atomic mass is 9.94. The number of nitrogens with zero attached hydrogens (tertiary/aromatic N) is 4. The molecule has 1 aromatic rings. The van der Waals surface area contributed by atoms with Crippen molar-refractivity contribution in [1.82, 2.24) is 14.9 Å². The highest BCUT2D eigenvalue weighted by atomic mass is 16.3. The Morgan fingerprint density at radius 2 is 2.00 bits per heavy atom. The first-order chi connectivity index (χ1) is 8.98. The number of amides is 1. The molecular formula is C13H20N4O2. The topological polar surface area (TPSA) is 69.6 Å². The standard InChI is InChI=1S/C13H20N4O2/c1-13(19)4-8-17(9-5-13)11(18)10-16(2)12-14-6-3-7-15-12/h3,6-7,19H,4-5,8-10H2,1-2H3. The molecule has 1 aliphatic rings. The van der Waals surface area contributed by atoms with Crippen molar-refractivity contribution in [3.63, 3.8) is 0 Å². The van der Waals surface area contributed by atoms with Crippen LogP contribution in [0, 0.1) is 0 Å².